The Morgan fingerprint density at radius 1 is 0.680 bits per heavy atom. The molecule has 10 rings (SSSR count). The summed E-state index contributed by atoms with van der Waals surface area (Å²) in [5.41, 5.74) is 21.0. The Hall–Kier alpha value is -8.57. The van der Waals surface area contributed by atoms with E-state index in [0.717, 1.165) is 68.9 Å². The number of carboxylic acid groups (broad SMARTS) is 1. The summed E-state index contributed by atoms with van der Waals surface area (Å²) < 4.78 is 42.1. The molecule has 4 heterocycles. The number of aliphatic imine (C=N–C) groups is 2. The fraction of sp³-hybridized carbons (Fsp3) is 0.648. The molecule has 4 bridgehead atoms. The van der Waals surface area contributed by atoms with E-state index in [2.05, 4.69) is 72.6 Å². The number of hydrogen-bond donors (Lipinski definition) is 9. The molecule has 2 aromatic rings. The highest BCUT2D eigenvalue weighted by atomic mass is 16.6. The average Bonchev–Trinajstić information content (AvgIpc) is 1.50. The van der Waals surface area contributed by atoms with Crippen LogP contribution in [0, 0.1) is 17.3 Å². The molecule has 12 N–H and O–H groups in total. The number of amides is 5. The molecule has 4 aliphatic carbocycles. The number of carboxylic acids is 1. The third-order valence-corrected chi connectivity index (χ3v) is 20.3. The van der Waals surface area contributed by atoms with Crippen LogP contribution in [0.4, 0.5) is 14.4 Å². The number of hydrogen-bond acceptors (Lipinski definition) is 19. The number of benzene rings is 2. The second-order valence-corrected chi connectivity index (χ2v) is 29.4. The van der Waals surface area contributed by atoms with E-state index in [4.69, 9.17) is 55.5 Å². The quantitative estimate of drug-likeness (QED) is 0.0231. The van der Waals surface area contributed by atoms with Crippen molar-refractivity contribution in [1.29, 1.82) is 0 Å². The Labute approximate surface area is 587 Å². The van der Waals surface area contributed by atoms with E-state index in [1.54, 1.807) is 63.2 Å². The van der Waals surface area contributed by atoms with Gasteiger partial charge < -0.3 is 102 Å². The van der Waals surface area contributed by atoms with E-state index >= 15 is 0 Å². The van der Waals surface area contributed by atoms with Gasteiger partial charge in [-0.05, 0) is 165 Å². The third-order valence-electron chi connectivity index (χ3n) is 20.3. The second kappa shape index (κ2) is 32.8. The number of carbonyl (C=O) groups excluding carboxylic acids is 6. The summed E-state index contributed by atoms with van der Waals surface area (Å²) in [7, 11) is 14.2. The maximum absolute atomic E-state index is 13.4. The van der Waals surface area contributed by atoms with Crippen LogP contribution < -0.4 is 62.7 Å². The van der Waals surface area contributed by atoms with Gasteiger partial charge in [0, 0.05) is 108 Å². The molecule has 4 unspecified atom stereocenters. The number of allylic oxidation sites excluding steroid dienone is 2. The lowest BCUT2D eigenvalue weighted by Crippen LogP contribution is -2.63. The summed E-state index contributed by atoms with van der Waals surface area (Å²) in [6.45, 7) is 14.8. The van der Waals surface area contributed by atoms with Gasteiger partial charge >= 0.3 is 24.2 Å². The Kier molecular flexibility index (Phi) is 25.3. The van der Waals surface area contributed by atoms with E-state index in [9.17, 15) is 33.6 Å². The highest BCUT2D eigenvalue weighted by molar-refractivity contribution is 5.95. The molecular formula is C71H108N14O15. The van der Waals surface area contributed by atoms with Gasteiger partial charge in [0.1, 0.15) is 35.4 Å². The van der Waals surface area contributed by atoms with E-state index in [-0.39, 0.29) is 72.6 Å². The number of ether oxygens (including phenoxy) is 7. The minimum atomic E-state index is -1.04. The molecule has 5 amide bonds. The van der Waals surface area contributed by atoms with Crippen LogP contribution in [-0.4, -0.2) is 229 Å². The topological polar surface area (TPSA) is 380 Å². The standard InChI is InChI=1S/C34H51N7O7.C29H43N7O5.C8H14O3/c1-33(2,3)48-31(43)39-22(9-8-15-38-30(35)36-4)29(42)37-16-18-41(6)32(44)46-25-13-11-21-23-19-20-10-12-24(45-7)27-26(20)34(21,28(25)47-27)14-17-40(23)5;1-32-27(31)34-12-5-6-19(30)26(37)33-13-15-36(3)28(38)40-22-10-8-18-20-16-17-7-9-21(39-4)24-23(17)29(18,25(22)41-24)11-14-35(20)2;1-8(2,3)5-6(9)4-7(10)11/h10,12-13,21-23,28H,8-9,11,14-19H2,1-7H3,(H,37,42)(H,39,43)(H3,35,36,38);7,9-10,18-20,25H,5-6,8,11-16,30H2,1-4H3,(H,33,37)(H3,31,32,34);4-5H2,1-3H3,(H,10,11)/t21?,22-,23+,28?,34-;18?,19-,20+,25?,29-;/m00./s1. The fourth-order valence-corrected chi connectivity index (χ4v) is 15.5. The molecule has 2 aromatic carbocycles. The van der Waals surface area contributed by atoms with Crippen LogP contribution in [0.3, 0.4) is 0 Å². The summed E-state index contributed by atoms with van der Waals surface area (Å²) in [6, 6.07) is 7.56. The zero-order valence-electron chi connectivity index (χ0n) is 60.8. The number of nitrogens with one attached hydrogen (secondary N) is 5. The maximum Gasteiger partial charge on any atom is 0.414 e. The molecule has 0 aromatic heterocycles. The SMILES string of the molecule is CC(C)(C)CC(=O)CC(=O)O.CN=C(N)NCCC[C@H](N)C(=O)NCCN(C)C(=O)OC1=CCC2[C@H]3Cc4ccc(OC)c5c4[C@@]2(CCN3C)C1O5.CN=C(N)NCCC[C@H](NC(=O)OC(C)(C)C)C(=O)NCCN(C)C(=O)OC1=CCC2[C@H]3Cc4ccc(OC)c5c4[C@@]2(CCN3C)C1O5. The summed E-state index contributed by atoms with van der Waals surface area (Å²) in [5, 5.41) is 22.4. The first-order valence-corrected chi connectivity index (χ1v) is 34.7. The van der Waals surface area contributed by atoms with Crippen molar-refractivity contribution in [1.82, 2.24) is 46.2 Å². The molecule has 29 heteroatoms. The number of nitrogens with two attached hydrogens (primary N) is 3. The van der Waals surface area contributed by atoms with Crippen molar-refractivity contribution >= 4 is 53.8 Å². The lowest BCUT2D eigenvalue weighted by Gasteiger charge is -2.56. The Bertz CT molecular complexity index is 3460. The summed E-state index contributed by atoms with van der Waals surface area (Å²) in [5.74, 6) is 3.50. The van der Waals surface area contributed by atoms with Crippen molar-refractivity contribution in [3.05, 3.63) is 70.2 Å². The number of guanidine groups is 2. The Morgan fingerprint density at radius 2 is 1.13 bits per heavy atom. The summed E-state index contributed by atoms with van der Waals surface area (Å²) in [4.78, 5) is 101. The monoisotopic (exact) mass is 1400 g/mol. The first-order chi connectivity index (χ1) is 47.3. The van der Waals surface area contributed by atoms with Gasteiger partial charge in [-0.1, -0.05) is 32.9 Å². The number of nitrogens with zero attached hydrogens (tertiary/aromatic N) is 6. The number of ketones is 1. The van der Waals surface area contributed by atoms with Crippen LogP contribution in [-0.2, 0) is 57.1 Å². The molecule has 8 aliphatic rings. The molecule has 29 nitrogen and oxygen atoms in total. The highest BCUT2D eigenvalue weighted by Crippen LogP contribution is 2.65. The smallest absolute Gasteiger partial charge is 0.414 e. The number of Topliss-reactive ketones (excluding diaryl/α,β-unsaturated/α-hetero) is 1. The number of rotatable bonds is 24. The van der Waals surface area contributed by atoms with E-state index in [1.807, 2.05) is 45.1 Å². The molecule has 0 saturated carbocycles. The van der Waals surface area contributed by atoms with Crippen molar-refractivity contribution in [2.45, 2.75) is 171 Å². The average molecular weight is 1400 g/mol. The van der Waals surface area contributed by atoms with Crippen LogP contribution in [0.1, 0.15) is 128 Å². The number of carbonyl (C=O) groups is 7. The first-order valence-electron chi connectivity index (χ1n) is 34.7. The second-order valence-electron chi connectivity index (χ2n) is 29.4. The largest absolute Gasteiger partial charge is 0.493 e. The van der Waals surface area contributed by atoms with Crippen molar-refractivity contribution in [2.24, 2.45) is 44.4 Å². The lowest BCUT2D eigenvalue weighted by atomic mass is 9.53. The summed E-state index contributed by atoms with van der Waals surface area (Å²) in [6.07, 6.45) is 8.89. The van der Waals surface area contributed by atoms with Gasteiger partial charge in [-0.15, -0.1) is 0 Å². The van der Waals surface area contributed by atoms with Crippen LogP contribution in [0.15, 0.2) is 57.9 Å². The number of aliphatic carboxylic acids is 1. The predicted molar refractivity (Wildman–Crippen MR) is 376 cm³/mol. The maximum atomic E-state index is 13.4. The molecule has 4 aliphatic heterocycles. The van der Waals surface area contributed by atoms with E-state index in [0.29, 0.717) is 92.3 Å². The van der Waals surface area contributed by atoms with Crippen molar-refractivity contribution in [3.63, 3.8) is 0 Å². The molecule has 2 saturated heterocycles. The Morgan fingerprint density at radius 3 is 1.55 bits per heavy atom. The Balaban J connectivity index is 0.000000223. The van der Waals surface area contributed by atoms with Crippen molar-refractivity contribution in [3.8, 4) is 23.0 Å². The number of piperidine rings is 2. The van der Waals surface area contributed by atoms with Gasteiger partial charge in [-0.25, -0.2) is 14.4 Å². The molecule has 2 spiro atoms. The zero-order chi connectivity index (χ0) is 73.2. The van der Waals surface area contributed by atoms with Gasteiger partial charge in [0.05, 0.1) is 20.3 Å². The van der Waals surface area contributed by atoms with Gasteiger partial charge in [0.2, 0.25) is 11.8 Å². The van der Waals surface area contributed by atoms with Crippen LogP contribution in [0.2, 0.25) is 0 Å². The van der Waals surface area contributed by atoms with Gasteiger partial charge in [-0.2, -0.15) is 0 Å². The van der Waals surface area contributed by atoms with Crippen molar-refractivity contribution in [2.75, 3.05) is 109 Å². The van der Waals surface area contributed by atoms with Crippen LogP contribution >= 0.6 is 0 Å². The van der Waals surface area contributed by atoms with Gasteiger partial charge in [0.25, 0.3) is 0 Å². The van der Waals surface area contributed by atoms with Gasteiger partial charge in [0.15, 0.2) is 47.1 Å². The van der Waals surface area contributed by atoms with Crippen LogP contribution in [0.25, 0.3) is 0 Å². The minimum Gasteiger partial charge on any atom is -0.493 e. The predicted octanol–water partition coefficient (Wildman–Crippen LogP) is 4.40. The molecular weight excluding hydrogens is 1290 g/mol. The number of alkyl carbamates (subject to hydrolysis) is 1. The first kappa shape index (κ1) is 77.2. The molecule has 552 valence electrons. The van der Waals surface area contributed by atoms with E-state index < -0.39 is 53.9 Å². The fourth-order valence-electron chi connectivity index (χ4n) is 15.5. The van der Waals surface area contributed by atoms with Crippen LogP contribution in [0.5, 0.6) is 23.0 Å². The number of methoxy groups -OCH3 is 2. The van der Waals surface area contributed by atoms with E-state index in [1.165, 1.54) is 32.1 Å². The van der Waals surface area contributed by atoms with Gasteiger partial charge in [-0.3, -0.25) is 29.2 Å². The molecule has 10 atom stereocenters. The molecule has 100 heavy (non-hydrogen) atoms. The highest BCUT2D eigenvalue weighted by Gasteiger charge is 2.66. The summed E-state index contributed by atoms with van der Waals surface area (Å²) >= 11 is 0. The normalized spacial score (nSPS) is 24.0. The lowest BCUT2D eigenvalue weighted by molar-refractivity contribution is -0.140. The number of likely N-dealkylation sites (tertiary alicyclic amines) is 2. The van der Waals surface area contributed by atoms with Crippen molar-refractivity contribution < 1.29 is 71.8 Å². The molecule has 0 radical (unpaired) electrons. The third kappa shape index (κ3) is 17.6. The number of likely N-dealkylation sites (N-methyl/N-ethyl adjacent to an activating group) is 4. The zero-order valence-corrected chi connectivity index (χ0v) is 60.8. The molecule has 2 fully saturated rings. The minimum absolute atomic E-state index is 0.105.